The van der Waals surface area contributed by atoms with Crippen LogP contribution in [0.25, 0.3) is 0 Å². The van der Waals surface area contributed by atoms with Gasteiger partial charge in [0.1, 0.15) is 0 Å². The number of amides is 1. The molecule has 1 atom stereocenters. The summed E-state index contributed by atoms with van der Waals surface area (Å²) in [6.07, 6.45) is 2.05. The third kappa shape index (κ3) is 4.03. The SMILES string of the molecule is O=C(NC[C@H](c1ccc2c(c1)OCO2)N1CCN(c2ccccc2)CC1)C1CC1. The largest absolute Gasteiger partial charge is 0.454 e. The fraction of sp³-hybridized carbons (Fsp3) is 0.435. The van der Waals surface area contributed by atoms with Crippen LogP contribution in [0.15, 0.2) is 48.5 Å². The zero-order valence-electron chi connectivity index (χ0n) is 16.5. The van der Waals surface area contributed by atoms with E-state index in [2.05, 4.69) is 57.6 Å². The van der Waals surface area contributed by atoms with Crippen LogP contribution in [-0.4, -0.2) is 50.3 Å². The Morgan fingerprint density at radius 2 is 1.76 bits per heavy atom. The molecule has 2 heterocycles. The van der Waals surface area contributed by atoms with E-state index in [0.29, 0.717) is 6.54 Å². The van der Waals surface area contributed by atoms with E-state index in [-0.39, 0.29) is 24.7 Å². The van der Waals surface area contributed by atoms with E-state index in [1.807, 2.05) is 6.07 Å². The predicted molar refractivity (Wildman–Crippen MR) is 111 cm³/mol. The molecule has 2 fully saturated rings. The molecule has 1 saturated heterocycles. The lowest BCUT2D eigenvalue weighted by Gasteiger charge is -2.40. The molecule has 1 N–H and O–H groups in total. The normalized spacial score (nSPS) is 19.8. The van der Waals surface area contributed by atoms with Crippen molar-refractivity contribution in [1.29, 1.82) is 0 Å². The molecular weight excluding hydrogens is 366 g/mol. The van der Waals surface area contributed by atoms with Crippen LogP contribution in [-0.2, 0) is 4.79 Å². The molecule has 0 bridgehead atoms. The molecule has 3 aliphatic rings. The van der Waals surface area contributed by atoms with E-state index in [4.69, 9.17) is 9.47 Å². The third-order valence-electron chi connectivity index (χ3n) is 6.08. The Morgan fingerprint density at radius 3 is 2.52 bits per heavy atom. The van der Waals surface area contributed by atoms with Crippen molar-refractivity contribution >= 4 is 11.6 Å². The van der Waals surface area contributed by atoms with E-state index in [0.717, 1.165) is 50.5 Å². The van der Waals surface area contributed by atoms with Crippen molar-refractivity contribution < 1.29 is 14.3 Å². The number of hydrogen-bond donors (Lipinski definition) is 1. The monoisotopic (exact) mass is 393 g/mol. The van der Waals surface area contributed by atoms with Gasteiger partial charge in [-0.2, -0.15) is 0 Å². The number of piperazine rings is 1. The van der Waals surface area contributed by atoms with Crippen molar-refractivity contribution in [1.82, 2.24) is 10.2 Å². The Morgan fingerprint density at radius 1 is 1.00 bits per heavy atom. The molecule has 1 amide bonds. The maximum Gasteiger partial charge on any atom is 0.231 e. The highest BCUT2D eigenvalue weighted by molar-refractivity contribution is 5.80. The first-order valence-electron chi connectivity index (χ1n) is 10.5. The van der Waals surface area contributed by atoms with Gasteiger partial charge in [0.25, 0.3) is 0 Å². The number of anilines is 1. The quantitative estimate of drug-likeness (QED) is 0.818. The summed E-state index contributed by atoms with van der Waals surface area (Å²) in [6.45, 7) is 4.75. The lowest BCUT2D eigenvalue weighted by molar-refractivity contribution is -0.122. The van der Waals surface area contributed by atoms with Gasteiger partial charge in [-0.05, 0) is 42.7 Å². The lowest BCUT2D eigenvalue weighted by atomic mass is 10.0. The van der Waals surface area contributed by atoms with Gasteiger partial charge in [0.2, 0.25) is 12.7 Å². The number of nitrogens with zero attached hydrogens (tertiary/aromatic N) is 2. The molecular formula is C23H27N3O3. The van der Waals surface area contributed by atoms with Crippen LogP contribution < -0.4 is 19.7 Å². The van der Waals surface area contributed by atoms with Gasteiger partial charge >= 0.3 is 0 Å². The van der Waals surface area contributed by atoms with Crippen molar-refractivity contribution in [2.45, 2.75) is 18.9 Å². The second-order valence-electron chi connectivity index (χ2n) is 8.01. The molecule has 2 aromatic carbocycles. The van der Waals surface area contributed by atoms with Gasteiger partial charge in [-0.3, -0.25) is 9.69 Å². The minimum Gasteiger partial charge on any atom is -0.454 e. The zero-order chi connectivity index (χ0) is 19.6. The van der Waals surface area contributed by atoms with Crippen molar-refractivity contribution in [2.24, 2.45) is 5.92 Å². The van der Waals surface area contributed by atoms with Crippen LogP contribution in [0.1, 0.15) is 24.4 Å². The highest BCUT2D eigenvalue weighted by Gasteiger charge is 2.32. The van der Waals surface area contributed by atoms with Gasteiger partial charge < -0.3 is 19.7 Å². The number of carbonyl (C=O) groups excluding carboxylic acids is 1. The first-order valence-corrected chi connectivity index (χ1v) is 10.5. The summed E-state index contributed by atoms with van der Waals surface area (Å²) >= 11 is 0. The molecule has 5 rings (SSSR count). The van der Waals surface area contributed by atoms with Gasteiger partial charge in [0.05, 0.1) is 6.04 Å². The summed E-state index contributed by atoms with van der Waals surface area (Å²) < 4.78 is 11.1. The van der Waals surface area contributed by atoms with Gasteiger partial charge in [0, 0.05) is 44.3 Å². The molecule has 1 saturated carbocycles. The molecule has 0 unspecified atom stereocenters. The number of carbonyl (C=O) groups is 1. The van der Waals surface area contributed by atoms with E-state index in [9.17, 15) is 4.79 Å². The lowest BCUT2D eigenvalue weighted by Crippen LogP contribution is -2.50. The van der Waals surface area contributed by atoms with Crippen molar-refractivity contribution in [2.75, 3.05) is 44.4 Å². The Labute approximate surface area is 171 Å². The van der Waals surface area contributed by atoms with Crippen LogP contribution in [0, 0.1) is 5.92 Å². The molecule has 2 aliphatic heterocycles. The molecule has 2 aromatic rings. The van der Waals surface area contributed by atoms with Crippen LogP contribution in [0.3, 0.4) is 0 Å². The molecule has 1 aliphatic carbocycles. The Kier molecular flexibility index (Phi) is 5.02. The average Bonchev–Trinajstić information content (AvgIpc) is 3.52. The van der Waals surface area contributed by atoms with Crippen LogP contribution >= 0.6 is 0 Å². The number of benzene rings is 2. The Hall–Kier alpha value is -2.73. The molecule has 0 spiro atoms. The minimum absolute atomic E-state index is 0.130. The highest BCUT2D eigenvalue weighted by atomic mass is 16.7. The Balaban J connectivity index is 1.31. The van der Waals surface area contributed by atoms with Crippen LogP contribution in [0.5, 0.6) is 11.5 Å². The molecule has 152 valence electrons. The number of nitrogens with one attached hydrogen (secondary N) is 1. The van der Waals surface area contributed by atoms with Gasteiger partial charge in [-0.15, -0.1) is 0 Å². The zero-order valence-corrected chi connectivity index (χ0v) is 16.5. The molecule has 29 heavy (non-hydrogen) atoms. The smallest absolute Gasteiger partial charge is 0.231 e. The summed E-state index contributed by atoms with van der Waals surface area (Å²) in [5.41, 5.74) is 2.44. The third-order valence-corrected chi connectivity index (χ3v) is 6.08. The average molecular weight is 393 g/mol. The molecule has 6 heteroatoms. The van der Waals surface area contributed by atoms with Crippen LogP contribution in [0.2, 0.25) is 0 Å². The molecule has 0 aromatic heterocycles. The Bertz CT molecular complexity index is 861. The summed E-state index contributed by atoms with van der Waals surface area (Å²) in [7, 11) is 0. The van der Waals surface area contributed by atoms with Crippen molar-refractivity contribution in [3.05, 3.63) is 54.1 Å². The van der Waals surface area contributed by atoms with Gasteiger partial charge in [-0.25, -0.2) is 0 Å². The van der Waals surface area contributed by atoms with Crippen molar-refractivity contribution in [3.63, 3.8) is 0 Å². The summed E-state index contributed by atoms with van der Waals surface area (Å²) in [5.74, 6) is 2.01. The van der Waals surface area contributed by atoms with E-state index in [1.54, 1.807) is 0 Å². The fourth-order valence-electron chi connectivity index (χ4n) is 4.20. The van der Waals surface area contributed by atoms with E-state index < -0.39 is 0 Å². The standard InChI is InChI=1S/C23H27N3O3/c27-23(17-6-7-17)24-15-20(18-8-9-21-22(14-18)29-16-28-21)26-12-10-25(11-13-26)19-4-2-1-3-5-19/h1-5,8-9,14,17,20H,6-7,10-13,15-16H2,(H,24,27)/t20-/m1/s1. The number of hydrogen-bond acceptors (Lipinski definition) is 5. The summed E-state index contributed by atoms with van der Waals surface area (Å²) in [5, 5.41) is 3.18. The second-order valence-corrected chi connectivity index (χ2v) is 8.01. The van der Waals surface area contributed by atoms with Gasteiger partial charge in [-0.1, -0.05) is 24.3 Å². The predicted octanol–water partition coefficient (Wildman–Crippen LogP) is 2.80. The van der Waals surface area contributed by atoms with E-state index in [1.165, 1.54) is 11.3 Å². The minimum atomic E-state index is 0.130. The first kappa shape index (κ1) is 18.3. The number of para-hydroxylation sites is 1. The summed E-state index contributed by atoms with van der Waals surface area (Å²) in [4.78, 5) is 17.2. The number of fused-ring (bicyclic) bond motifs is 1. The van der Waals surface area contributed by atoms with E-state index >= 15 is 0 Å². The van der Waals surface area contributed by atoms with Crippen molar-refractivity contribution in [3.8, 4) is 11.5 Å². The first-order chi connectivity index (χ1) is 14.3. The number of rotatable bonds is 6. The number of ether oxygens (including phenoxy) is 2. The molecule has 6 nitrogen and oxygen atoms in total. The molecule has 0 radical (unpaired) electrons. The second kappa shape index (κ2) is 7.95. The maximum atomic E-state index is 12.3. The maximum absolute atomic E-state index is 12.3. The topological polar surface area (TPSA) is 54.0 Å². The van der Waals surface area contributed by atoms with Crippen LogP contribution in [0.4, 0.5) is 5.69 Å². The fourth-order valence-corrected chi connectivity index (χ4v) is 4.20. The highest BCUT2D eigenvalue weighted by Crippen LogP contribution is 2.36. The summed E-state index contributed by atoms with van der Waals surface area (Å²) in [6, 6.07) is 16.8. The van der Waals surface area contributed by atoms with Gasteiger partial charge in [0.15, 0.2) is 11.5 Å².